The van der Waals surface area contributed by atoms with Crippen molar-refractivity contribution < 1.29 is 19.4 Å². The molecule has 1 N–H and O–H groups in total. The molecule has 0 aliphatic heterocycles. The molecule has 42 heavy (non-hydrogen) atoms. The maximum Gasteiger partial charge on any atom is 0.306 e. The lowest BCUT2D eigenvalue weighted by Crippen LogP contribution is -2.27. The molecule has 0 saturated carbocycles. The summed E-state index contributed by atoms with van der Waals surface area (Å²) in [6.07, 6.45) is 46.5. The molecule has 0 aliphatic rings. The lowest BCUT2D eigenvalue weighted by Gasteiger charge is -2.15. The Morgan fingerprint density at radius 1 is 0.595 bits per heavy atom. The first-order valence-corrected chi connectivity index (χ1v) is 17.0. The van der Waals surface area contributed by atoms with Gasteiger partial charge >= 0.3 is 5.97 Å². The van der Waals surface area contributed by atoms with Crippen molar-refractivity contribution in [2.75, 3.05) is 19.8 Å². The maximum atomic E-state index is 12.1. The van der Waals surface area contributed by atoms with E-state index in [-0.39, 0.29) is 19.2 Å². The number of rotatable bonds is 30. The summed E-state index contributed by atoms with van der Waals surface area (Å²) in [5.41, 5.74) is 0. The zero-order valence-corrected chi connectivity index (χ0v) is 27.2. The van der Waals surface area contributed by atoms with Crippen LogP contribution in [0.25, 0.3) is 0 Å². The molecular formula is C38H64O4. The average molecular weight is 585 g/mol. The Morgan fingerprint density at radius 3 is 1.62 bits per heavy atom. The Labute approximate surface area is 259 Å². The van der Waals surface area contributed by atoms with Gasteiger partial charge in [-0.05, 0) is 77.0 Å². The van der Waals surface area contributed by atoms with Gasteiger partial charge in [0.15, 0.2) is 0 Å². The SMILES string of the molecule is CC/C=C\C/C=C\C/C=C\C/C=C\CCCCCOCC(CO)OC(=O)CCCCCCC/C=C\C/C=C\CCCC. The van der Waals surface area contributed by atoms with Crippen molar-refractivity contribution in [1.29, 1.82) is 0 Å². The summed E-state index contributed by atoms with van der Waals surface area (Å²) in [6.45, 7) is 5.08. The van der Waals surface area contributed by atoms with Gasteiger partial charge in [-0.2, -0.15) is 0 Å². The van der Waals surface area contributed by atoms with Crippen LogP contribution in [0.5, 0.6) is 0 Å². The van der Waals surface area contributed by atoms with Crippen LogP contribution in [0.2, 0.25) is 0 Å². The van der Waals surface area contributed by atoms with Crippen molar-refractivity contribution in [3.8, 4) is 0 Å². The molecule has 0 spiro atoms. The smallest absolute Gasteiger partial charge is 0.306 e. The van der Waals surface area contributed by atoms with E-state index in [1.165, 1.54) is 32.1 Å². The lowest BCUT2D eigenvalue weighted by molar-refractivity contribution is -0.154. The molecule has 0 aromatic rings. The Hall–Kier alpha value is -2.17. The van der Waals surface area contributed by atoms with Crippen molar-refractivity contribution in [3.63, 3.8) is 0 Å². The first-order chi connectivity index (χ1) is 20.7. The highest BCUT2D eigenvalue weighted by Gasteiger charge is 2.13. The van der Waals surface area contributed by atoms with Crippen LogP contribution in [0, 0.1) is 0 Å². The summed E-state index contributed by atoms with van der Waals surface area (Å²) in [5.74, 6) is -0.231. The number of allylic oxidation sites excluding steroid dienone is 12. The highest BCUT2D eigenvalue weighted by atomic mass is 16.6. The van der Waals surface area contributed by atoms with Gasteiger partial charge in [0.2, 0.25) is 0 Å². The number of hydrogen-bond acceptors (Lipinski definition) is 4. The second-order valence-electron chi connectivity index (χ2n) is 10.8. The number of aliphatic hydroxyl groups excluding tert-OH is 1. The monoisotopic (exact) mass is 584 g/mol. The molecule has 4 heteroatoms. The summed E-state index contributed by atoms with van der Waals surface area (Å²) >= 11 is 0. The van der Waals surface area contributed by atoms with Crippen molar-refractivity contribution in [1.82, 2.24) is 0 Å². The summed E-state index contributed by atoms with van der Waals surface area (Å²) < 4.78 is 11.0. The van der Waals surface area contributed by atoms with Crippen molar-refractivity contribution in [2.24, 2.45) is 0 Å². The molecule has 0 saturated heterocycles. The molecule has 0 radical (unpaired) electrons. The molecule has 0 aromatic heterocycles. The van der Waals surface area contributed by atoms with E-state index in [0.29, 0.717) is 13.0 Å². The zero-order chi connectivity index (χ0) is 30.6. The van der Waals surface area contributed by atoms with Crippen molar-refractivity contribution in [2.45, 2.75) is 142 Å². The standard InChI is InChI=1S/C38H64O4/c1-3-5-7-9-11-13-15-17-19-20-22-24-26-28-30-32-34-41-36-37(35-39)42-38(40)33-31-29-27-25-23-21-18-16-14-12-10-8-6-4-2/h5,7,10-13,16-19,22,24,37,39H,3-4,6,8-9,14-15,20-21,23,25-36H2,1-2H3/b7-5-,12-10-,13-11-,18-16-,19-17-,24-22-. The molecule has 1 atom stereocenters. The third-order valence-electron chi connectivity index (χ3n) is 6.77. The van der Waals surface area contributed by atoms with Crippen LogP contribution in [-0.4, -0.2) is 37.0 Å². The first-order valence-electron chi connectivity index (χ1n) is 17.0. The molecule has 0 aromatic carbocycles. The second kappa shape index (κ2) is 35.0. The molecule has 0 bridgehead atoms. The minimum Gasteiger partial charge on any atom is -0.457 e. The largest absolute Gasteiger partial charge is 0.457 e. The minimum absolute atomic E-state index is 0.195. The van der Waals surface area contributed by atoms with Crippen LogP contribution in [0.3, 0.4) is 0 Å². The molecular weight excluding hydrogens is 520 g/mol. The fourth-order valence-electron chi connectivity index (χ4n) is 4.21. The van der Waals surface area contributed by atoms with Gasteiger partial charge in [0.25, 0.3) is 0 Å². The summed E-state index contributed by atoms with van der Waals surface area (Å²) in [4.78, 5) is 12.1. The van der Waals surface area contributed by atoms with Crippen LogP contribution < -0.4 is 0 Å². The van der Waals surface area contributed by atoms with E-state index in [4.69, 9.17) is 9.47 Å². The Kier molecular flexibility index (Phi) is 33.2. The Morgan fingerprint density at radius 2 is 1.07 bits per heavy atom. The van der Waals surface area contributed by atoms with E-state index >= 15 is 0 Å². The fourth-order valence-corrected chi connectivity index (χ4v) is 4.21. The Balaban J connectivity index is 3.58. The number of carbonyl (C=O) groups excluding carboxylic acids is 1. The van der Waals surface area contributed by atoms with E-state index in [2.05, 4.69) is 86.8 Å². The predicted octanol–water partition coefficient (Wildman–Crippen LogP) is 10.7. The van der Waals surface area contributed by atoms with Crippen molar-refractivity contribution >= 4 is 5.97 Å². The second-order valence-corrected chi connectivity index (χ2v) is 10.8. The van der Waals surface area contributed by atoms with Gasteiger partial charge in [0, 0.05) is 13.0 Å². The highest BCUT2D eigenvalue weighted by Crippen LogP contribution is 2.10. The predicted molar refractivity (Wildman–Crippen MR) is 182 cm³/mol. The van der Waals surface area contributed by atoms with Gasteiger partial charge < -0.3 is 14.6 Å². The summed E-state index contributed by atoms with van der Waals surface area (Å²) in [5, 5.41) is 9.53. The van der Waals surface area contributed by atoms with E-state index in [1.807, 2.05) is 0 Å². The van der Waals surface area contributed by atoms with Gasteiger partial charge in [-0.15, -0.1) is 0 Å². The molecule has 4 nitrogen and oxygen atoms in total. The van der Waals surface area contributed by atoms with Gasteiger partial charge in [0.05, 0.1) is 13.2 Å². The minimum atomic E-state index is -0.560. The van der Waals surface area contributed by atoms with Gasteiger partial charge in [0.1, 0.15) is 6.10 Å². The normalized spacial score (nSPS) is 13.3. The number of unbranched alkanes of at least 4 members (excludes halogenated alkanes) is 10. The fraction of sp³-hybridized carbons (Fsp3) is 0.658. The molecule has 0 heterocycles. The third-order valence-corrected chi connectivity index (χ3v) is 6.77. The molecule has 0 aliphatic carbocycles. The number of carbonyl (C=O) groups is 1. The lowest BCUT2D eigenvalue weighted by atomic mass is 10.1. The van der Waals surface area contributed by atoms with Crippen LogP contribution >= 0.6 is 0 Å². The van der Waals surface area contributed by atoms with E-state index in [9.17, 15) is 9.90 Å². The highest BCUT2D eigenvalue weighted by molar-refractivity contribution is 5.69. The average Bonchev–Trinajstić information content (AvgIpc) is 3.00. The molecule has 1 unspecified atom stereocenters. The number of aliphatic hydroxyl groups is 1. The summed E-state index contributed by atoms with van der Waals surface area (Å²) in [7, 11) is 0. The molecule has 0 fully saturated rings. The van der Waals surface area contributed by atoms with Gasteiger partial charge in [-0.3, -0.25) is 4.79 Å². The van der Waals surface area contributed by atoms with E-state index in [0.717, 1.165) is 83.5 Å². The van der Waals surface area contributed by atoms with E-state index in [1.54, 1.807) is 0 Å². The van der Waals surface area contributed by atoms with E-state index < -0.39 is 6.10 Å². The number of ether oxygens (including phenoxy) is 2. The van der Waals surface area contributed by atoms with Crippen LogP contribution in [0.15, 0.2) is 72.9 Å². The van der Waals surface area contributed by atoms with Crippen molar-refractivity contribution in [3.05, 3.63) is 72.9 Å². The quantitative estimate of drug-likeness (QED) is 0.0518. The van der Waals surface area contributed by atoms with Crippen LogP contribution in [-0.2, 0) is 14.3 Å². The number of esters is 1. The molecule has 0 rings (SSSR count). The summed E-state index contributed by atoms with van der Waals surface area (Å²) in [6, 6.07) is 0. The third kappa shape index (κ3) is 32.3. The number of hydrogen-bond donors (Lipinski definition) is 1. The van der Waals surface area contributed by atoms with Gasteiger partial charge in [-0.25, -0.2) is 0 Å². The molecule has 0 amide bonds. The van der Waals surface area contributed by atoms with Crippen LogP contribution in [0.1, 0.15) is 136 Å². The topological polar surface area (TPSA) is 55.8 Å². The Bertz CT molecular complexity index is 744. The maximum absolute atomic E-state index is 12.1. The zero-order valence-electron chi connectivity index (χ0n) is 27.2. The van der Waals surface area contributed by atoms with Gasteiger partial charge in [-0.1, -0.05) is 125 Å². The van der Waals surface area contributed by atoms with Crippen LogP contribution in [0.4, 0.5) is 0 Å². The first kappa shape index (κ1) is 39.8. The molecule has 240 valence electrons.